The number of para-hydroxylation sites is 1. The highest BCUT2D eigenvalue weighted by atomic mass is 15.4. The molecule has 2 aliphatic rings. The summed E-state index contributed by atoms with van der Waals surface area (Å²) in [5.74, 6) is 2.53. The van der Waals surface area contributed by atoms with Gasteiger partial charge in [-0.3, -0.25) is 0 Å². The molecule has 5 heteroatoms. The molecular formula is C19H27N5. The smallest absolute Gasteiger partial charge is 0.153 e. The number of fused-ring (bicyclic) bond motifs is 2. The second-order valence-electron chi connectivity index (χ2n) is 7.33. The van der Waals surface area contributed by atoms with Gasteiger partial charge in [0.1, 0.15) is 5.82 Å². The van der Waals surface area contributed by atoms with E-state index in [2.05, 4.69) is 53.4 Å². The first-order valence-corrected chi connectivity index (χ1v) is 9.23. The average molecular weight is 325 g/mol. The fourth-order valence-electron chi connectivity index (χ4n) is 3.81. The van der Waals surface area contributed by atoms with Gasteiger partial charge in [0.15, 0.2) is 5.82 Å². The van der Waals surface area contributed by atoms with Gasteiger partial charge in [-0.1, -0.05) is 32.0 Å². The molecule has 0 bridgehead atoms. The van der Waals surface area contributed by atoms with Crippen molar-refractivity contribution in [1.29, 1.82) is 0 Å². The van der Waals surface area contributed by atoms with Gasteiger partial charge in [-0.25, -0.2) is 9.67 Å². The van der Waals surface area contributed by atoms with E-state index in [9.17, 15) is 0 Å². The average Bonchev–Trinajstić information content (AvgIpc) is 2.91. The number of rotatable bonds is 3. The molecular weight excluding hydrogens is 298 g/mol. The topological polar surface area (TPSA) is 54.8 Å². The van der Waals surface area contributed by atoms with Crippen molar-refractivity contribution in [2.75, 3.05) is 11.9 Å². The van der Waals surface area contributed by atoms with Crippen molar-refractivity contribution in [3.05, 3.63) is 41.5 Å². The molecule has 0 saturated carbocycles. The fraction of sp³-hybridized carbons (Fsp3) is 0.579. The second kappa shape index (κ2) is 6.55. The number of aromatic nitrogens is 3. The Morgan fingerprint density at radius 3 is 3.00 bits per heavy atom. The highest BCUT2D eigenvalue weighted by Crippen LogP contribution is 2.30. The van der Waals surface area contributed by atoms with Crippen LogP contribution in [0.4, 0.5) is 5.69 Å². The third kappa shape index (κ3) is 3.05. The van der Waals surface area contributed by atoms with Crippen molar-refractivity contribution in [3.63, 3.8) is 0 Å². The molecule has 0 spiro atoms. The molecule has 5 nitrogen and oxygen atoms in total. The number of anilines is 1. The summed E-state index contributed by atoms with van der Waals surface area (Å²) in [6.07, 6.45) is 4.54. The first kappa shape index (κ1) is 15.6. The van der Waals surface area contributed by atoms with Crippen LogP contribution in [-0.2, 0) is 13.0 Å². The summed E-state index contributed by atoms with van der Waals surface area (Å²) in [4.78, 5) is 4.70. The summed E-state index contributed by atoms with van der Waals surface area (Å²) >= 11 is 0. The van der Waals surface area contributed by atoms with Crippen LogP contribution in [0.2, 0.25) is 0 Å². The first-order chi connectivity index (χ1) is 11.7. The molecule has 0 amide bonds. The van der Waals surface area contributed by atoms with E-state index in [1.165, 1.54) is 24.1 Å². The van der Waals surface area contributed by atoms with Crippen LogP contribution in [0.15, 0.2) is 24.3 Å². The Bertz CT molecular complexity index is 706. The molecule has 2 aliphatic heterocycles. The van der Waals surface area contributed by atoms with Crippen molar-refractivity contribution < 1.29 is 0 Å². The first-order valence-electron chi connectivity index (χ1n) is 9.23. The minimum Gasteiger partial charge on any atom is -0.385 e. The highest BCUT2D eigenvalue weighted by Gasteiger charge is 2.26. The van der Waals surface area contributed by atoms with Crippen molar-refractivity contribution >= 4 is 5.69 Å². The number of nitrogens with zero attached hydrogens (tertiary/aromatic N) is 3. The minimum absolute atomic E-state index is 0.398. The zero-order chi connectivity index (χ0) is 16.5. The number of benzene rings is 1. The molecule has 0 saturated heterocycles. The molecule has 2 atom stereocenters. The Hall–Kier alpha value is -1.88. The summed E-state index contributed by atoms with van der Waals surface area (Å²) in [5, 5.41) is 12.2. The lowest BCUT2D eigenvalue weighted by molar-refractivity contribution is 0.319. The van der Waals surface area contributed by atoms with E-state index in [0.717, 1.165) is 37.6 Å². The van der Waals surface area contributed by atoms with Crippen LogP contribution >= 0.6 is 0 Å². The molecule has 128 valence electrons. The normalized spacial score (nSPS) is 23.3. The number of aryl methyl sites for hydroxylation is 1. The maximum absolute atomic E-state index is 4.71. The van der Waals surface area contributed by atoms with Gasteiger partial charge in [0.05, 0.1) is 6.54 Å². The lowest BCUT2D eigenvalue weighted by Crippen LogP contribution is -2.40. The summed E-state index contributed by atoms with van der Waals surface area (Å²) in [6.45, 7) is 6.31. The van der Waals surface area contributed by atoms with E-state index in [0.29, 0.717) is 18.0 Å². The maximum atomic E-state index is 4.71. The molecule has 1 aromatic heterocycles. The molecule has 0 aliphatic carbocycles. The van der Waals surface area contributed by atoms with Gasteiger partial charge in [0.2, 0.25) is 0 Å². The van der Waals surface area contributed by atoms with Crippen molar-refractivity contribution in [2.45, 2.75) is 64.1 Å². The van der Waals surface area contributed by atoms with E-state index < -0.39 is 0 Å². The van der Waals surface area contributed by atoms with Gasteiger partial charge >= 0.3 is 0 Å². The van der Waals surface area contributed by atoms with Crippen LogP contribution < -0.4 is 10.6 Å². The lowest BCUT2D eigenvalue weighted by Gasteiger charge is -2.29. The van der Waals surface area contributed by atoms with E-state index >= 15 is 0 Å². The number of hydrogen-bond acceptors (Lipinski definition) is 4. The number of nitrogens with one attached hydrogen (secondary N) is 2. The molecule has 0 unspecified atom stereocenters. The Labute approximate surface area is 143 Å². The quantitative estimate of drug-likeness (QED) is 0.909. The van der Waals surface area contributed by atoms with Gasteiger partial charge in [0, 0.05) is 36.7 Å². The van der Waals surface area contributed by atoms with Crippen LogP contribution in [0.25, 0.3) is 0 Å². The predicted octanol–water partition coefficient (Wildman–Crippen LogP) is 3.25. The van der Waals surface area contributed by atoms with E-state index in [1.807, 2.05) is 0 Å². The molecule has 0 radical (unpaired) electrons. The molecule has 24 heavy (non-hydrogen) atoms. The molecule has 4 rings (SSSR count). The van der Waals surface area contributed by atoms with E-state index in [4.69, 9.17) is 10.1 Å². The fourth-order valence-corrected chi connectivity index (χ4v) is 3.81. The van der Waals surface area contributed by atoms with E-state index in [-0.39, 0.29) is 0 Å². The molecule has 1 aromatic carbocycles. The Morgan fingerprint density at radius 2 is 2.12 bits per heavy atom. The zero-order valence-electron chi connectivity index (χ0n) is 14.6. The van der Waals surface area contributed by atoms with Crippen molar-refractivity contribution in [2.24, 2.45) is 0 Å². The lowest BCUT2D eigenvalue weighted by atomic mass is 9.99. The standard InChI is InChI=1S/C19H27N5/c1-13(2)19-22-18-10-9-14(12-24(18)23-19)21-17-8-5-11-20-16-7-4-3-6-15(16)17/h3-4,6-7,13-14,17,20-21H,5,8-12H2,1-2H3/t14-,17+/m1/s1. The van der Waals surface area contributed by atoms with Gasteiger partial charge in [-0.2, -0.15) is 5.10 Å². The van der Waals surface area contributed by atoms with Gasteiger partial charge in [0.25, 0.3) is 0 Å². The molecule has 2 N–H and O–H groups in total. The van der Waals surface area contributed by atoms with Crippen molar-refractivity contribution in [1.82, 2.24) is 20.1 Å². The highest BCUT2D eigenvalue weighted by molar-refractivity contribution is 5.53. The van der Waals surface area contributed by atoms with Crippen LogP contribution in [0, 0.1) is 0 Å². The van der Waals surface area contributed by atoms with Gasteiger partial charge in [-0.15, -0.1) is 0 Å². The van der Waals surface area contributed by atoms with Crippen LogP contribution in [0.3, 0.4) is 0 Å². The summed E-state index contributed by atoms with van der Waals surface area (Å²) in [5.41, 5.74) is 2.69. The Kier molecular flexibility index (Phi) is 4.27. The zero-order valence-corrected chi connectivity index (χ0v) is 14.6. The second-order valence-corrected chi connectivity index (χ2v) is 7.33. The monoisotopic (exact) mass is 325 g/mol. The molecule has 3 heterocycles. The van der Waals surface area contributed by atoms with Crippen LogP contribution in [0.1, 0.15) is 62.3 Å². The third-order valence-electron chi connectivity index (χ3n) is 5.15. The largest absolute Gasteiger partial charge is 0.385 e. The molecule has 2 aromatic rings. The number of hydrogen-bond donors (Lipinski definition) is 2. The van der Waals surface area contributed by atoms with Gasteiger partial charge < -0.3 is 10.6 Å². The summed E-state index contributed by atoms with van der Waals surface area (Å²) in [6, 6.07) is 9.61. The minimum atomic E-state index is 0.398. The van der Waals surface area contributed by atoms with Crippen LogP contribution in [0.5, 0.6) is 0 Å². The SMILES string of the molecule is CC(C)c1nc2n(n1)C[C@H](N[C@H]1CCCNc3ccccc31)CC2. The third-order valence-corrected chi connectivity index (χ3v) is 5.15. The summed E-state index contributed by atoms with van der Waals surface area (Å²) in [7, 11) is 0. The maximum Gasteiger partial charge on any atom is 0.153 e. The van der Waals surface area contributed by atoms with Crippen LogP contribution in [-0.4, -0.2) is 27.4 Å². The molecule has 0 fully saturated rings. The summed E-state index contributed by atoms with van der Waals surface area (Å²) < 4.78 is 2.12. The van der Waals surface area contributed by atoms with E-state index in [1.54, 1.807) is 0 Å². The predicted molar refractivity (Wildman–Crippen MR) is 96.3 cm³/mol. The Morgan fingerprint density at radius 1 is 1.25 bits per heavy atom. The van der Waals surface area contributed by atoms with Crippen molar-refractivity contribution in [3.8, 4) is 0 Å². The van der Waals surface area contributed by atoms with Gasteiger partial charge in [-0.05, 0) is 30.9 Å². The Balaban J connectivity index is 1.50.